The van der Waals surface area contributed by atoms with Gasteiger partial charge < -0.3 is 20.8 Å². The summed E-state index contributed by atoms with van der Waals surface area (Å²) in [5, 5.41) is 6.65. The van der Waals surface area contributed by atoms with Crippen molar-refractivity contribution in [2.45, 2.75) is 52.1 Å². The SMILES string of the molecule is CN=C(NCc1ccc(C(N)=O)o1)NCC(C(C)C)N1CCCCCC1. The third kappa shape index (κ3) is 6.05. The van der Waals surface area contributed by atoms with Gasteiger partial charge in [-0.3, -0.25) is 14.7 Å². The van der Waals surface area contributed by atoms with Crippen LogP contribution < -0.4 is 16.4 Å². The summed E-state index contributed by atoms with van der Waals surface area (Å²) in [6, 6.07) is 3.81. The fourth-order valence-electron chi connectivity index (χ4n) is 3.41. The van der Waals surface area contributed by atoms with Crippen molar-refractivity contribution in [2.75, 3.05) is 26.7 Å². The molecule has 0 saturated carbocycles. The van der Waals surface area contributed by atoms with Crippen LogP contribution in [0.2, 0.25) is 0 Å². The maximum Gasteiger partial charge on any atom is 0.284 e. The second-order valence-electron chi connectivity index (χ2n) is 7.20. The number of furan rings is 1. The number of nitrogens with zero attached hydrogens (tertiary/aromatic N) is 2. The number of rotatable bonds is 7. The number of hydrogen-bond donors (Lipinski definition) is 3. The second kappa shape index (κ2) is 10.2. The minimum atomic E-state index is -0.559. The molecule has 4 N–H and O–H groups in total. The summed E-state index contributed by atoms with van der Waals surface area (Å²) >= 11 is 0. The van der Waals surface area contributed by atoms with E-state index in [1.54, 1.807) is 19.2 Å². The van der Waals surface area contributed by atoms with Gasteiger partial charge in [0.1, 0.15) is 5.76 Å². The van der Waals surface area contributed by atoms with Gasteiger partial charge in [-0.1, -0.05) is 26.7 Å². The highest BCUT2D eigenvalue weighted by atomic mass is 16.3. The zero-order valence-corrected chi connectivity index (χ0v) is 16.3. The van der Waals surface area contributed by atoms with Crippen molar-refractivity contribution in [2.24, 2.45) is 16.6 Å². The Hall–Kier alpha value is -2.02. The van der Waals surface area contributed by atoms with E-state index in [1.807, 2.05) is 0 Å². The summed E-state index contributed by atoms with van der Waals surface area (Å²) < 4.78 is 5.38. The number of aliphatic imine (C=N–C) groups is 1. The largest absolute Gasteiger partial charge is 0.454 e. The molecule has 26 heavy (non-hydrogen) atoms. The number of likely N-dealkylation sites (tertiary alicyclic amines) is 1. The molecule has 1 saturated heterocycles. The molecule has 146 valence electrons. The van der Waals surface area contributed by atoms with E-state index in [-0.39, 0.29) is 5.76 Å². The Morgan fingerprint density at radius 3 is 2.46 bits per heavy atom. The molecular formula is C19H33N5O2. The third-order valence-electron chi connectivity index (χ3n) is 4.92. The number of carbonyl (C=O) groups is 1. The van der Waals surface area contributed by atoms with Gasteiger partial charge in [0.2, 0.25) is 0 Å². The van der Waals surface area contributed by atoms with Crippen molar-refractivity contribution in [1.82, 2.24) is 15.5 Å². The lowest BCUT2D eigenvalue weighted by atomic mass is 10.0. The normalized spacial score (nSPS) is 17.8. The van der Waals surface area contributed by atoms with Gasteiger partial charge in [-0.05, 0) is 44.0 Å². The lowest BCUT2D eigenvalue weighted by molar-refractivity contribution is 0.0972. The summed E-state index contributed by atoms with van der Waals surface area (Å²) in [5.74, 6) is 1.56. The number of nitrogens with one attached hydrogen (secondary N) is 2. The molecule has 0 aliphatic carbocycles. The fourth-order valence-corrected chi connectivity index (χ4v) is 3.41. The van der Waals surface area contributed by atoms with Gasteiger partial charge in [-0.25, -0.2) is 0 Å². The van der Waals surface area contributed by atoms with Crippen LogP contribution in [-0.4, -0.2) is 49.5 Å². The molecule has 0 aromatic carbocycles. The molecule has 1 aromatic rings. The lowest BCUT2D eigenvalue weighted by Crippen LogP contribution is -2.49. The van der Waals surface area contributed by atoms with E-state index in [1.165, 1.54) is 38.8 Å². The highest BCUT2D eigenvalue weighted by Crippen LogP contribution is 2.17. The predicted molar refractivity (Wildman–Crippen MR) is 104 cm³/mol. The molecule has 2 rings (SSSR count). The number of nitrogens with two attached hydrogens (primary N) is 1. The van der Waals surface area contributed by atoms with Crippen molar-refractivity contribution >= 4 is 11.9 Å². The van der Waals surface area contributed by atoms with Crippen LogP contribution in [0.25, 0.3) is 0 Å². The first kappa shape index (κ1) is 20.3. The molecule has 7 heteroatoms. The summed E-state index contributed by atoms with van der Waals surface area (Å²) in [6.07, 6.45) is 5.26. The number of guanidine groups is 1. The number of hydrogen-bond acceptors (Lipinski definition) is 4. The maximum absolute atomic E-state index is 11.1. The molecule has 0 spiro atoms. The lowest BCUT2D eigenvalue weighted by Gasteiger charge is -2.34. The molecular weight excluding hydrogens is 330 g/mol. The Kier molecular flexibility index (Phi) is 7.97. The first-order valence-corrected chi connectivity index (χ1v) is 9.58. The van der Waals surface area contributed by atoms with Gasteiger partial charge in [-0.2, -0.15) is 0 Å². The van der Waals surface area contributed by atoms with Crippen LogP contribution in [0.5, 0.6) is 0 Å². The molecule has 1 unspecified atom stereocenters. The number of carbonyl (C=O) groups excluding carboxylic acids is 1. The molecule has 1 fully saturated rings. The van der Waals surface area contributed by atoms with Crippen LogP contribution in [-0.2, 0) is 6.54 Å². The first-order valence-electron chi connectivity index (χ1n) is 9.58. The average molecular weight is 364 g/mol. The van der Waals surface area contributed by atoms with Crippen LogP contribution in [0.3, 0.4) is 0 Å². The van der Waals surface area contributed by atoms with Crippen molar-refractivity contribution < 1.29 is 9.21 Å². The maximum atomic E-state index is 11.1. The Morgan fingerprint density at radius 1 is 1.23 bits per heavy atom. The molecule has 0 bridgehead atoms. The van der Waals surface area contributed by atoms with E-state index < -0.39 is 5.91 Å². The molecule has 7 nitrogen and oxygen atoms in total. The second-order valence-corrected chi connectivity index (χ2v) is 7.20. The van der Waals surface area contributed by atoms with E-state index in [0.717, 1.165) is 12.5 Å². The topological polar surface area (TPSA) is 95.9 Å². The zero-order valence-electron chi connectivity index (χ0n) is 16.3. The monoisotopic (exact) mass is 363 g/mol. The Balaban J connectivity index is 1.85. The molecule has 1 aliphatic rings. The van der Waals surface area contributed by atoms with Gasteiger partial charge in [0.05, 0.1) is 6.54 Å². The standard InChI is InChI=1S/C19H33N5O2/c1-14(2)16(24-10-6-4-5-7-11-24)13-23-19(21-3)22-12-15-8-9-17(26-15)18(20)25/h8-9,14,16H,4-7,10-13H2,1-3H3,(H2,20,25)(H2,21,22,23). The average Bonchev–Trinajstić information content (AvgIpc) is 2.93. The molecule has 1 atom stereocenters. The van der Waals surface area contributed by atoms with Gasteiger partial charge in [0.25, 0.3) is 5.91 Å². The van der Waals surface area contributed by atoms with Crippen LogP contribution in [0.4, 0.5) is 0 Å². The zero-order chi connectivity index (χ0) is 18.9. The molecule has 1 amide bonds. The van der Waals surface area contributed by atoms with E-state index in [0.29, 0.717) is 24.3 Å². The highest BCUT2D eigenvalue weighted by Gasteiger charge is 2.22. The Morgan fingerprint density at radius 2 is 1.92 bits per heavy atom. The minimum absolute atomic E-state index is 0.172. The third-order valence-corrected chi connectivity index (χ3v) is 4.92. The van der Waals surface area contributed by atoms with Gasteiger partial charge in [0, 0.05) is 19.6 Å². The summed E-state index contributed by atoms with van der Waals surface area (Å²) in [4.78, 5) is 18.0. The van der Waals surface area contributed by atoms with Crippen molar-refractivity contribution in [1.29, 1.82) is 0 Å². The van der Waals surface area contributed by atoms with Crippen LogP contribution in [0.15, 0.2) is 21.5 Å². The molecule has 0 radical (unpaired) electrons. The smallest absolute Gasteiger partial charge is 0.284 e. The van der Waals surface area contributed by atoms with Crippen molar-refractivity contribution in [3.05, 3.63) is 23.7 Å². The summed E-state index contributed by atoms with van der Waals surface area (Å²) in [6.45, 7) is 8.21. The minimum Gasteiger partial charge on any atom is -0.454 e. The van der Waals surface area contributed by atoms with Gasteiger partial charge >= 0.3 is 0 Å². The van der Waals surface area contributed by atoms with Gasteiger partial charge in [0.15, 0.2) is 11.7 Å². The van der Waals surface area contributed by atoms with Crippen molar-refractivity contribution in [3.8, 4) is 0 Å². The van der Waals surface area contributed by atoms with E-state index in [4.69, 9.17) is 10.2 Å². The summed E-state index contributed by atoms with van der Waals surface area (Å²) in [7, 11) is 1.75. The predicted octanol–water partition coefficient (Wildman–Crippen LogP) is 1.94. The Labute approximate surface area is 156 Å². The highest BCUT2D eigenvalue weighted by molar-refractivity contribution is 5.89. The van der Waals surface area contributed by atoms with E-state index in [2.05, 4.69) is 34.4 Å². The van der Waals surface area contributed by atoms with Crippen LogP contribution in [0, 0.1) is 5.92 Å². The molecule has 1 aromatic heterocycles. The Bertz CT molecular complexity index is 589. The van der Waals surface area contributed by atoms with Crippen LogP contribution >= 0.6 is 0 Å². The number of primary amides is 1. The van der Waals surface area contributed by atoms with Gasteiger partial charge in [-0.15, -0.1) is 0 Å². The number of amides is 1. The fraction of sp³-hybridized carbons (Fsp3) is 0.684. The van der Waals surface area contributed by atoms with E-state index in [9.17, 15) is 4.79 Å². The summed E-state index contributed by atoms with van der Waals surface area (Å²) in [5.41, 5.74) is 5.21. The van der Waals surface area contributed by atoms with Crippen molar-refractivity contribution in [3.63, 3.8) is 0 Å². The quantitative estimate of drug-likeness (QED) is 0.508. The van der Waals surface area contributed by atoms with E-state index >= 15 is 0 Å². The molecule has 2 heterocycles. The first-order chi connectivity index (χ1) is 12.5. The van der Waals surface area contributed by atoms with Crippen LogP contribution in [0.1, 0.15) is 55.8 Å². The molecule has 1 aliphatic heterocycles.